The number of rotatable bonds is 3. The van der Waals surface area contributed by atoms with Crippen molar-refractivity contribution in [3.8, 4) is 0 Å². The lowest BCUT2D eigenvalue weighted by molar-refractivity contribution is 0.0750. The van der Waals surface area contributed by atoms with Gasteiger partial charge in [-0.3, -0.25) is 9.48 Å². The Labute approximate surface area is 156 Å². The summed E-state index contributed by atoms with van der Waals surface area (Å²) in [4.78, 5) is 16.6. The van der Waals surface area contributed by atoms with Crippen LogP contribution in [0.1, 0.15) is 44.0 Å². The molecule has 1 aromatic carbocycles. The first-order valence-electron chi connectivity index (χ1n) is 8.77. The van der Waals surface area contributed by atoms with E-state index in [9.17, 15) is 9.90 Å². The molecule has 0 fully saturated rings. The van der Waals surface area contributed by atoms with Gasteiger partial charge >= 0.3 is 0 Å². The second-order valence-electron chi connectivity index (χ2n) is 6.59. The predicted molar refractivity (Wildman–Crippen MR) is 101 cm³/mol. The number of carbonyl (C=O) groups is 1. The second-order valence-corrected chi connectivity index (χ2v) is 7.88. The van der Waals surface area contributed by atoms with Gasteiger partial charge < -0.3 is 10.0 Å². The number of hydrogen-bond acceptors (Lipinski definition) is 4. The second kappa shape index (κ2) is 7.05. The van der Waals surface area contributed by atoms with Crippen molar-refractivity contribution < 1.29 is 9.90 Å². The Morgan fingerprint density at radius 2 is 2.00 bits per heavy atom. The zero-order valence-electron chi connectivity index (χ0n) is 14.6. The molecule has 5 nitrogen and oxygen atoms in total. The molecule has 4 rings (SSSR count). The molecule has 2 aromatic heterocycles. The molecule has 3 aromatic rings. The van der Waals surface area contributed by atoms with Crippen LogP contribution in [0.2, 0.25) is 0 Å². The van der Waals surface area contributed by atoms with Crippen LogP contribution in [0.4, 0.5) is 0 Å². The van der Waals surface area contributed by atoms with Gasteiger partial charge in [-0.2, -0.15) is 5.10 Å². The molecule has 0 bridgehead atoms. The van der Waals surface area contributed by atoms with Crippen LogP contribution in [0, 0.1) is 6.92 Å². The van der Waals surface area contributed by atoms with E-state index in [1.807, 2.05) is 65.0 Å². The molecule has 0 unspecified atom stereocenters. The van der Waals surface area contributed by atoms with Gasteiger partial charge in [0, 0.05) is 18.0 Å². The molecule has 1 N–H and O–H groups in total. The maximum Gasteiger partial charge on any atom is 0.264 e. The summed E-state index contributed by atoms with van der Waals surface area (Å²) in [6, 6.07) is 15.3. The Morgan fingerprint density at radius 3 is 2.73 bits per heavy atom. The summed E-state index contributed by atoms with van der Waals surface area (Å²) < 4.78 is 1.93. The fourth-order valence-corrected chi connectivity index (χ4v) is 4.14. The Hall–Kier alpha value is -2.44. The Morgan fingerprint density at radius 1 is 1.19 bits per heavy atom. The fraction of sp³-hybridized carbons (Fsp3) is 0.300. The minimum Gasteiger partial charge on any atom is -0.382 e. The van der Waals surface area contributed by atoms with Crippen LogP contribution in [0.3, 0.4) is 0 Å². The molecular weight excluding hydrogens is 346 g/mol. The molecule has 1 atom stereocenters. The maximum atomic E-state index is 12.8. The van der Waals surface area contributed by atoms with Crippen LogP contribution in [0.15, 0.2) is 48.5 Å². The first-order valence-corrected chi connectivity index (χ1v) is 9.59. The van der Waals surface area contributed by atoms with Gasteiger partial charge in [-0.05, 0) is 37.1 Å². The SMILES string of the molecule is Cc1ccc(C(=O)N2CCCn3nc([C@H](O)c4ccccc4)cc3C2)s1. The highest BCUT2D eigenvalue weighted by Gasteiger charge is 2.24. The van der Waals surface area contributed by atoms with Gasteiger partial charge in [-0.25, -0.2) is 0 Å². The summed E-state index contributed by atoms with van der Waals surface area (Å²) in [6.07, 6.45) is 0.103. The summed E-state index contributed by atoms with van der Waals surface area (Å²) in [5.74, 6) is 0.0721. The molecule has 134 valence electrons. The number of aromatic nitrogens is 2. The van der Waals surface area contributed by atoms with E-state index in [1.165, 1.54) is 11.3 Å². The van der Waals surface area contributed by atoms with E-state index < -0.39 is 6.10 Å². The summed E-state index contributed by atoms with van der Waals surface area (Å²) in [5, 5.41) is 15.2. The van der Waals surface area contributed by atoms with Gasteiger partial charge in [-0.15, -0.1) is 11.3 Å². The topological polar surface area (TPSA) is 58.4 Å². The van der Waals surface area contributed by atoms with Crippen LogP contribution in [-0.2, 0) is 13.1 Å². The van der Waals surface area contributed by atoms with Crippen molar-refractivity contribution in [3.05, 3.63) is 75.2 Å². The number of fused-ring (bicyclic) bond motifs is 1. The quantitative estimate of drug-likeness (QED) is 0.772. The molecule has 0 saturated carbocycles. The number of thiophene rings is 1. The van der Waals surface area contributed by atoms with Crippen molar-refractivity contribution >= 4 is 17.2 Å². The standard InChI is InChI=1S/C20H21N3O2S/c1-14-8-9-18(26-14)20(25)22-10-5-11-23-16(13-22)12-17(21-23)19(24)15-6-3-2-4-7-15/h2-4,6-9,12,19,24H,5,10-11,13H2,1H3/t19-/m1/s1. The number of carbonyl (C=O) groups excluding carboxylic acids is 1. The van der Waals surface area contributed by atoms with Crippen LogP contribution >= 0.6 is 11.3 Å². The van der Waals surface area contributed by atoms with Crippen molar-refractivity contribution in [3.63, 3.8) is 0 Å². The largest absolute Gasteiger partial charge is 0.382 e. The number of benzene rings is 1. The third kappa shape index (κ3) is 3.30. The van der Waals surface area contributed by atoms with Crippen molar-refractivity contribution in [1.82, 2.24) is 14.7 Å². The van der Waals surface area contributed by atoms with E-state index in [1.54, 1.807) is 0 Å². The minimum atomic E-state index is -0.750. The summed E-state index contributed by atoms with van der Waals surface area (Å²) in [7, 11) is 0. The normalized spacial score (nSPS) is 15.4. The average Bonchev–Trinajstić information content (AvgIpc) is 3.22. The van der Waals surface area contributed by atoms with Crippen LogP contribution in [0.25, 0.3) is 0 Å². The molecule has 26 heavy (non-hydrogen) atoms. The van der Waals surface area contributed by atoms with Crippen LogP contribution in [0.5, 0.6) is 0 Å². The molecule has 1 amide bonds. The minimum absolute atomic E-state index is 0.0721. The van der Waals surface area contributed by atoms with E-state index in [0.717, 1.165) is 40.5 Å². The van der Waals surface area contributed by atoms with E-state index in [4.69, 9.17) is 0 Å². The van der Waals surface area contributed by atoms with Crippen molar-refractivity contribution in [1.29, 1.82) is 0 Å². The van der Waals surface area contributed by atoms with Crippen LogP contribution < -0.4 is 0 Å². The lowest BCUT2D eigenvalue weighted by Crippen LogP contribution is -2.30. The molecule has 0 spiro atoms. The lowest BCUT2D eigenvalue weighted by atomic mass is 10.1. The number of aliphatic hydroxyl groups is 1. The number of aryl methyl sites for hydroxylation is 2. The molecule has 3 heterocycles. The monoisotopic (exact) mass is 367 g/mol. The van der Waals surface area contributed by atoms with Crippen LogP contribution in [-0.4, -0.2) is 32.2 Å². The molecular formula is C20H21N3O2S. The summed E-state index contributed by atoms with van der Waals surface area (Å²) >= 11 is 1.53. The number of hydrogen-bond donors (Lipinski definition) is 1. The zero-order valence-corrected chi connectivity index (χ0v) is 15.4. The Kier molecular flexibility index (Phi) is 4.61. The molecule has 0 radical (unpaired) electrons. The lowest BCUT2D eigenvalue weighted by Gasteiger charge is -2.19. The van der Waals surface area contributed by atoms with Gasteiger partial charge in [0.1, 0.15) is 6.10 Å². The fourth-order valence-electron chi connectivity index (χ4n) is 3.30. The molecule has 0 aliphatic carbocycles. The molecule has 0 saturated heterocycles. The molecule has 6 heteroatoms. The highest BCUT2D eigenvalue weighted by molar-refractivity contribution is 7.13. The number of amides is 1. The van der Waals surface area contributed by atoms with Crippen molar-refractivity contribution in [2.45, 2.75) is 32.5 Å². The number of aliphatic hydroxyl groups excluding tert-OH is 1. The van der Waals surface area contributed by atoms with Gasteiger partial charge in [-0.1, -0.05) is 30.3 Å². The number of nitrogens with zero attached hydrogens (tertiary/aromatic N) is 3. The summed E-state index contributed by atoms with van der Waals surface area (Å²) in [5.41, 5.74) is 2.42. The van der Waals surface area contributed by atoms with E-state index in [0.29, 0.717) is 12.2 Å². The van der Waals surface area contributed by atoms with E-state index in [2.05, 4.69) is 5.10 Å². The van der Waals surface area contributed by atoms with Crippen molar-refractivity contribution in [2.24, 2.45) is 0 Å². The van der Waals surface area contributed by atoms with Gasteiger partial charge in [0.05, 0.1) is 22.8 Å². The van der Waals surface area contributed by atoms with Crippen molar-refractivity contribution in [2.75, 3.05) is 6.54 Å². The Balaban J connectivity index is 1.57. The smallest absolute Gasteiger partial charge is 0.264 e. The predicted octanol–water partition coefficient (Wildman–Crippen LogP) is 3.38. The van der Waals surface area contributed by atoms with E-state index in [-0.39, 0.29) is 5.91 Å². The maximum absolute atomic E-state index is 12.8. The summed E-state index contributed by atoms with van der Waals surface area (Å²) in [6.45, 7) is 4.00. The first kappa shape index (κ1) is 17.0. The highest BCUT2D eigenvalue weighted by Crippen LogP contribution is 2.25. The zero-order chi connectivity index (χ0) is 18.1. The van der Waals surface area contributed by atoms with Gasteiger partial charge in [0.15, 0.2) is 0 Å². The van der Waals surface area contributed by atoms with Gasteiger partial charge in [0.25, 0.3) is 5.91 Å². The van der Waals surface area contributed by atoms with E-state index >= 15 is 0 Å². The molecule has 1 aliphatic rings. The molecule has 1 aliphatic heterocycles. The average molecular weight is 367 g/mol. The van der Waals surface area contributed by atoms with Gasteiger partial charge in [0.2, 0.25) is 0 Å². The third-order valence-electron chi connectivity index (χ3n) is 4.67. The Bertz CT molecular complexity index is 916. The highest BCUT2D eigenvalue weighted by atomic mass is 32.1. The third-order valence-corrected chi connectivity index (χ3v) is 5.66. The first-order chi connectivity index (χ1) is 12.6.